The van der Waals surface area contributed by atoms with Crippen LogP contribution in [0.25, 0.3) is 11.0 Å². The van der Waals surface area contributed by atoms with Gasteiger partial charge in [0, 0.05) is 38.9 Å². The number of carbonyl (C=O) groups excluding carboxylic acids is 1. The number of anilines is 2. The average Bonchev–Trinajstić information content (AvgIpc) is 2.80. The molecule has 0 atom stereocenters. The van der Waals surface area contributed by atoms with Gasteiger partial charge in [0.2, 0.25) is 0 Å². The standard InChI is InChI=1S/C22H26N6O3/c1-3-28-18-15-23-10-9-16(18)24-20(21(28)29)26-11-13-27(14-12-26)22(30)25-17-7-5-6-8-19(17)31-4-2/h5-10,15H,3-4,11-14H2,1-2H3,(H,25,30). The number of aryl methyl sites for hydroxylation is 1. The maximum atomic E-state index is 13.0. The molecular formula is C22H26N6O3. The summed E-state index contributed by atoms with van der Waals surface area (Å²) in [5, 5.41) is 2.93. The van der Waals surface area contributed by atoms with Crippen LogP contribution < -0.4 is 20.5 Å². The Kier molecular flexibility index (Phi) is 6.01. The van der Waals surface area contributed by atoms with Gasteiger partial charge < -0.3 is 24.4 Å². The summed E-state index contributed by atoms with van der Waals surface area (Å²) < 4.78 is 7.27. The summed E-state index contributed by atoms with van der Waals surface area (Å²) in [4.78, 5) is 38.2. The zero-order valence-electron chi connectivity index (χ0n) is 17.7. The number of aromatic nitrogens is 3. The third-order valence-electron chi connectivity index (χ3n) is 5.34. The van der Waals surface area contributed by atoms with E-state index in [1.165, 1.54) is 0 Å². The quantitative estimate of drug-likeness (QED) is 0.679. The van der Waals surface area contributed by atoms with Crippen LogP contribution in [-0.4, -0.2) is 58.3 Å². The molecule has 1 saturated heterocycles. The molecule has 4 rings (SSSR count). The van der Waals surface area contributed by atoms with Crippen molar-refractivity contribution in [2.24, 2.45) is 0 Å². The SMILES string of the molecule is CCOc1ccccc1NC(=O)N1CCN(c2nc3ccncc3n(CC)c2=O)CC1. The summed E-state index contributed by atoms with van der Waals surface area (Å²) >= 11 is 0. The van der Waals surface area contributed by atoms with Crippen molar-refractivity contribution >= 4 is 28.6 Å². The minimum atomic E-state index is -0.185. The second kappa shape index (κ2) is 9.03. The summed E-state index contributed by atoms with van der Waals surface area (Å²) in [6.07, 6.45) is 3.34. The second-order valence-corrected chi connectivity index (χ2v) is 7.18. The molecule has 1 fully saturated rings. The van der Waals surface area contributed by atoms with Gasteiger partial charge in [-0.2, -0.15) is 0 Å². The van der Waals surface area contributed by atoms with Crippen LogP contribution >= 0.6 is 0 Å². The fraction of sp³-hybridized carbons (Fsp3) is 0.364. The normalized spacial score (nSPS) is 14.0. The van der Waals surface area contributed by atoms with E-state index in [1.54, 1.807) is 21.9 Å². The number of para-hydroxylation sites is 2. The van der Waals surface area contributed by atoms with Crippen LogP contribution in [0.3, 0.4) is 0 Å². The highest BCUT2D eigenvalue weighted by Crippen LogP contribution is 2.24. The molecule has 1 aromatic carbocycles. The van der Waals surface area contributed by atoms with Crippen molar-refractivity contribution in [3.8, 4) is 5.75 Å². The summed E-state index contributed by atoms with van der Waals surface area (Å²) in [6, 6.07) is 9.00. The Labute approximate surface area is 180 Å². The summed E-state index contributed by atoms with van der Waals surface area (Å²) in [5.41, 5.74) is 1.97. The van der Waals surface area contributed by atoms with Crippen LogP contribution in [0.4, 0.5) is 16.3 Å². The van der Waals surface area contributed by atoms with Crippen molar-refractivity contribution < 1.29 is 9.53 Å². The lowest BCUT2D eigenvalue weighted by molar-refractivity contribution is 0.208. The molecule has 1 N–H and O–H groups in total. The van der Waals surface area contributed by atoms with Crippen molar-refractivity contribution in [1.82, 2.24) is 19.4 Å². The Hall–Kier alpha value is -3.62. The second-order valence-electron chi connectivity index (χ2n) is 7.18. The molecule has 1 aliphatic heterocycles. The van der Waals surface area contributed by atoms with Crippen LogP contribution in [0.2, 0.25) is 0 Å². The van der Waals surface area contributed by atoms with Crippen molar-refractivity contribution in [2.75, 3.05) is 43.0 Å². The molecule has 9 heteroatoms. The molecule has 0 spiro atoms. The number of urea groups is 1. The smallest absolute Gasteiger partial charge is 0.322 e. The molecule has 31 heavy (non-hydrogen) atoms. The molecule has 3 aromatic rings. The maximum Gasteiger partial charge on any atom is 0.322 e. The molecule has 0 radical (unpaired) electrons. The van der Waals surface area contributed by atoms with Crippen LogP contribution in [-0.2, 0) is 6.54 Å². The molecule has 0 bridgehead atoms. The van der Waals surface area contributed by atoms with Gasteiger partial charge in [-0.15, -0.1) is 0 Å². The average molecular weight is 422 g/mol. The topological polar surface area (TPSA) is 92.6 Å². The fourth-order valence-corrected chi connectivity index (χ4v) is 3.76. The zero-order chi connectivity index (χ0) is 21.8. The first-order valence-electron chi connectivity index (χ1n) is 10.5. The van der Waals surface area contributed by atoms with Crippen LogP contribution in [0.5, 0.6) is 5.75 Å². The molecule has 0 unspecified atom stereocenters. The number of nitrogens with zero attached hydrogens (tertiary/aromatic N) is 5. The number of ether oxygens (including phenoxy) is 1. The number of pyridine rings is 1. The Balaban J connectivity index is 1.47. The number of benzene rings is 1. The van der Waals surface area contributed by atoms with E-state index in [1.807, 2.05) is 49.1 Å². The molecule has 3 heterocycles. The Morgan fingerprint density at radius 3 is 2.65 bits per heavy atom. The monoisotopic (exact) mass is 422 g/mol. The first kappa shape index (κ1) is 20.6. The summed E-state index contributed by atoms with van der Waals surface area (Å²) in [5.74, 6) is 1.06. The predicted molar refractivity (Wildman–Crippen MR) is 120 cm³/mol. The van der Waals surface area contributed by atoms with Gasteiger partial charge in [0.05, 0.1) is 29.5 Å². The highest BCUT2D eigenvalue weighted by atomic mass is 16.5. The van der Waals surface area contributed by atoms with E-state index in [0.29, 0.717) is 56.6 Å². The molecule has 9 nitrogen and oxygen atoms in total. The molecule has 0 saturated carbocycles. The Morgan fingerprint density at radius 1 is 1.13 bits per heavy atom. The van der Waals surface area contributed by atoms with Gasteiger partial charge in [0.15, 0.2) is 5.82 Å². The van der Waals surface area contributed by atoms with E-state index in [4.69, 9.17) is 4.74 Å². The van der Waals surface area contributed by atoms with E-state index in [0.717, 1.165) is 11.0 Å². The first-order chi connectivity index (χ1) is 15.1. The van der Waals surface area contributed by atoms with E-state index in [2.05, 4.69) is 15.3 Å². The molecular weight excluding hydrogens is 396 g/mol. The number of piperazine rings is 1. The van der Waals surface area contributed by atoms with Gasteiger partial charge in [-0.05, 0) is 32.0 Å². The zero-order valence-corrected chi connectivity index (χ0v) is 17.7. The maximum absolute atomic E-state index is 13.0. The number of fused-ring (bicyclic) bond motifs is 1. The molecule has 1 aliphatic rings. The number of hydrogen-bond donors (Lipinski definition) is 1. The van der Waals surface area contributed by atoms with Crippen molar-refractivity contribution in [3.05, 3.63) is 53.1 Å². The largest absolute Gasteiger partial charge is 0.492 e. The predicted octanol–water partition coefficient (Wildman–Crippen LogP) is 2.56. The van der Waals surface area contributed by atoms with Crippen LogP contribution in [0, 0.1) is 0 Å². The third-order valence-corrected chi connectivity index (χ3v) is 5.34. The molecule has 2 amide bonds. The Bertz CT molecular complexity index is 1140. The number of rotatable bonds is 5. The number of nitrogens with one attached hydrogen (secondary N) is 1. The lowest BCUT2D eigenvalue weighted by atomic mass is 10.3. The van der Waals surface area contributed by atoms with E-state index in [-0.39, 0.29) is 11.6 Å². The summed E-state index contributed by atoms with van der Waals surface area (Å²) in [6.45, 7) is 6.94. The Morgan fingerprint density at radius 2 is 1.90 bits per heavy atom. The van der Waals surface area contributed by atoms with Gasteiger partial charge in [-0.25, -0.2) is 9.78 Å². The number of hydrogen-bond acceptors (Lipinski definition) is 6. The lowest BCUT2D eigenvalue weighted by Gasteiger charge is -2.35. The van der Waals surface area contributed by atoms with Crippen LogP contribution in [0.15, 0.2) is 47.5 Å². The highest BCUT2D eigenvalue weighted by molar-refractivity contribution is 5.91. The minimum absolute atomic E-state index is 0.133. The molecule has 0 aliphatic carbocycles. The van der Waals surface area contributed by atoms with Gasteiger partial charge in [0.25, 0.3) is 5.56 Å². The van der Waals surface area contributed by atoms with E-state index in [9.17, 15) is 9.59 Å². The summed E-state index contributed by atoms with van der Waals surface area (Å²) in [7, 11) is 0. The van der Waals surface area contributed by atoms with Crippen molar-refractivity contribution in [1.29, 1.82) is 0 Å². The highest BCUT2D eigenvalue weighted by Gasteiger charge is 2.25. The lowest BCUT2D eigenvalue weighted by Crippen LogP contribution is -2.51. The third kappa shape index (κ3) is 4.16. The first-order valence-corrected chi connectivity index (χ1v) is 10.5. The van der Waals surface area contributed by atoms with E-state index < -0.39 is 0 Å². The van der Waals surface area contributed by atoms with Crippen molar-refractivity contribution in [3.63, 3.8) is 0 Å². The van der Waals surface area contributed by atoms with Crippen LogP contribution in [0.1, 0.15) is 13.8 Å². The van der Waals surface area contributed by atoms with E-state index >= 15 is 0 Å². The molecule has 2 aromatic heterocycles. The fourth-order valence-electron chi connectivity index (χ4n) is 3.76. The minimum Gasteiger partial charge on any atom is -0.492 e. The number of carbonyl (C=O) groups is 1. The van der Waals surface area contributed by atoms with Crippen molar-refractivity contribution in [2.45, 2.75) is 20.4 Å². The van der Waals surface area contributed by atoms with Gasteiger partial charge in [0.1, 0.15) is 5.75 Å². The van der Waals surface area contributed by atoms with Gasteiger partial charge >= 0.3 is 6.03 Å². The van der Waals surface area contributed by atoms with Gasteiger partial charge in [-0.1, -0.05) is 12.1 Å². The molecule has 162 valence electrons. The van der Waals surface area contributed by atoms with Gasteiger partial charge in [-0.3, -0.25) is 9.78 Å². The number of amides is 2.